The summed E-state index contributed by atoms with van der Waals surface area (Å²) in [5.74, 6) is -2.11. The minimum Gasteiger partial charge on any atom is -0.452 e. The average Bonchev–Trinajstić information content (AvgIpc) is 2.65. The van der Waals surface area contributed by atoms with Gasteiger partial charge in [0, 0.05) is 5.57 Å². The molecule has 6 nitrogen and oxygen atoms in total. The smallest absolute Gasteiger partial charge is 0.345 e. The molecular weight excluding hydrogens is 348 g/mol. The van der Waals surface area contributed by atoms with Gasteiger partial charge in [-0.2, -0.15) is 0 Å². The van der Waals surface area contributed by atoms with Crippen LogP contribution in [0.5, 0.6) is 0 Å². The van der Waals surface area contributed by atoms with Crippen molar-refractivity contribution in [2.24, 2.45) is 0 Å². The molecule has 146 valence electrons. The maximum atomic E-state index is 12.3. The van der Waals surface area contributed by atoms with Gasteiger partial charge in [-0.15, -0.1) is 0 Å². The zero-order valence-corrected chi connectivity index (χ0v) is 15.9. The Hall–Kier alpha value is -2.63. The van der Waals surface area contributed by atoms with E-state index in [9.17, 15) is 14.4 Å². The predicted octanol–water partition coefficient (Wildman–Crippen LogP) is 3.36. The molecule has 0 aliphatic heterocycles. The first kappa shape index (κ1) is 20.7. The Bertz CT molecular complexity index is 715. The Morgan fingerprint density at radius 3 is 2.26 bits per heavy atom. The van der Waals surface area contributed by atoms with Gasteiger partial charge in [-0.3, -0.25) is 0 Å². The molecule has 27 heavy (non-hydrogen) atoms. The topological polar surface area (TPSA) is 78.9 Å². The maximum absolute atomic E-state index is 12.3. The fourth-order valence-corrected chi connectivity index (χ4v) is 3.31. The Kier molecular flexibility index (Phi) is 7.16. The lowest BCUT2D eigenvalue weighted by Gasteiger charge is -2.38. The number of rotatable bonds is 7. The standard InChI is InChI=1S/C21H26O6/c1-15(2)20(24)26-13-18(22)25-14-19(23)27-21(11-7-4-8-12-21)17-10-6-5-9-16(17)3/h5-6,9-10H,1,4,7-8,11-14H2,2-3H3. The third-order valence-electron chi connectivity index (χ3n) is 4.63. The molecule has 0 unspecified atom stereocenters. The number of benzene rings is 1. The Morgan fingerprint density at radius 2 is 1.63 bits per heavy atom. The second-order valence-corrected chi connectivity index (χ2v) is 6.86. The third-order valence-corrected chi connectivity index (χ3v) is 4.63. The molecule has 0 atom stereocenters. The first-order valence-corrected chi connectivity index (χ1v) is 9.10. The fraction of sp³-hybridized carbons (Fsp3) is 0.476. The van der Waals surface area contributed by atoms with Crippen LogP contribution in [-0.2, 0) is 34.2 Å². The lowest BCUT2D eigenvalue weighted by molar-refractivity contribution is -0.176. The summed E-state index contributed by atoms with van der Waals surface area (Å²) in [4.78, 5) is 35.2. The van der Waals surface area contributed by atoms with Crippen molar-refractivity contribution in [3.8, 4) is 0 Å². The lowest BCUT2D eigenvalue weighted by atomic mass is 9.78. The number of hydrogen-bond donors (Lipinski definition) is 0. The molecule has 1 saturated carbocycles. The molecule has 1 fully saturated rings. The molecule has 1 aromatic rings. The van der Waals surface area contributed by atoms with Crippen molar-refractivity contribution >= 4 is 17.9 Å². The minimum absolute atomic E-state index is 0.180. The van der Waals surface area contributed by atoms with Crippen molar-refractivity contribution in [1.82, 2.24) is 0 Å². The first-order chi connectivity index (χ1) is 12.8. The van der Waals surface area contributed by atoms with Gasteiger partial charge in [0.15, 0.2) is 13.2 Å². The summed E-state index contributed by atoms with van der Waals surface area (Å²) in [6, 6.07) is 7.86. The van der Waals surface area contributed by atoms with Crippen LogP contribution in [0.4, 0.5) is 0 Å². The van der Waals surface area contributed by atoms with Crippen LogP contribution in [0.25, 0.3) is 0 Å². The molecule has 0 N–H and O–H groups in total. The Balaban J connectivity index is 1.95. The summed E-state index contributed by atoms with van der Waals surface area (Å²) >= 11 is 0. The van der Waals surface area contributed by atoms with E-state index in [-0.39, 0.29) is 5.57 Å². The van der Waals surface area contributed by atoms with E-state index in [1.165, 1.54) is 6.92 Å². The van der Waals surface area contributed by atoms with Gasteiger partial charge in [0.1, 0.15) is 5.60 Å². The number of ether oxygens (including phenoxy) is 3. The summed E-state index contributed by atoms with van der Waals surface area (Å²) in [7, 11) is 0. The number of carbonyl (C=O) groups is 3. The van der Waals surface area contributed by atoms with Gasteiger partial charge in [-0.1, -0.05) is 37.3 Å². The molecule has 2 rings (SSSR count). The van der Waals surface area contributed by atoms with E-state index in [2.05, 4.69) is 11.3 Å². The highest BCUT2D eigenvalue weighted by Gasteiger charge is 2.38. The molecule has 1 aliphatic carbocycles. The van der Waals surface area contributed by atoms with Crippen molar-refractivity contribution in [2.75, 3.05) is 13.2 Å². The van der Waals surface area contributed by atoms with Crippen LogP contribution in [0.1, 0.15) is 50.2 Å². The highest BCUT2D eigenvalue weighted by atomic mass is 16.6. The highest BCUT2D eigenvalue weighted by Crippen LogP contribution is 2.41. The summed E-state index contributed by atoms with van der Waals surface area (Å²) in [5, 5.41) is 0. The van der Waals surface area contributed by atoms with Crippen LogP contribution in [-0.4, -0.2) is 31.1 Å². The van der Waals surface area contributed by atoms with Crippen molar-refractivity contribution < 1.29 is 28.6 Å². The van der Waals surface area contributed by atoms with E-state index in [0.29, 0.717) is 0 Å². The van der Waals surface area contributed by atoms with Crippen molar-refractivity contribution in [3.05, 3.63) is 47.5 Å². The van der Waals surface area contributed by atoms with Crippen LogP contribution >= 0.6 is 0 Å². The van der Waals surface area contributed by atoms with Gasteiger partial charge >= 0.3 is 17.9 Å². The van der Waals surface area contributed by atoms with Gasteiger partial charge in [0.05, 0.1) is 0 Å². The molecule has 0 heterocycles. The summed E-state index contributed by atoms with van der Waals surface area (Å²) in [6.07, 6.45) is 4.53. The molecule has 0 bridgehead atoms. The molecule has 6 heteroatoms. The van der Waals surface area contributed by atoms with E-state index < -0.39 is 36.7 Å². The van der Waals surface area contributed by atoms with Crippen molar-refractivity contribution in [3.63, 3.8) is 0 Å². The second kappa shape index (κ2) is 9.35. The number of aryl methyl sites for hydroxylation is 1. The number of carbonyl (C=O) groups excluding carboxylic acids is 3. The van der Waals surface area contributed by atoms with Gasteiger partial charge in [0.2, 0.25) is 0 Å². The maximum Gasteiger partial charge on any atom is 0.345 e. The average molecular weight is 374 g/mol. The number of esters is 3. The van der Waals surface area contributed by atoms with Crippen LogP contribution in [0.2, 0.25) is 0 Å². The summed E-state index contributed by atoms with van der Waals surface area (Å²) in [5.41, 5.74) is 1.56. The van der Waals surface area contributed by atoms with Crippen molar-refractivity contribution in [2.45, 2.75) is 51.6 Å². The van der Waals surface area contributed by atoms with Crippen LogP contribution < -0.4 is 0 Å². The summed E-state index contributed by atoms with van der Waals surface area (Å²) < 4.78 is 15.4. The molecule has 1 aliphatic rings. The van der Waals surface area contributed by atoms with Crippen LogP contribution in [0, 0.1) is 6.92 Å². The normalized spacial score (nSPS) is 15.5. The summed E-state index contributed by atoms with van der Waals surface area (Å²) in [6.45, 7) is 5.80. The van der Waals surface area contributed by atoms with Crippen LogP contribution in [0.3, 0.4) is 0 Å². The molecule has 0 saturated heterocycles. The van der Waals surface area contributed by atoms with Gasteiger partial charge in [0.25, 0.3) is 0 Å². The predicted molar refractivity (Wildman–Crippen MR) is 98.8 cm³/mol. The van der Waals surface area contributed by atoms with E-state index in [4.69, 9.17) is 9.47 Å². The number of hydrogen-bond acceptors (Lipinski definition) is 6. The molecule has 0 spiro atoms. The van der Waals surface area contributed by atoms with E-state index in [1.807, 2.05) is 31.2 Å². The SMILES string of the molecule is C=C(C)C(=O)OCC(=O)OCC(=O)OC1(c2ccccc2C)CCCCC1. The Morgan fingerprint density at radius 1 is 1.00 bits per heavy atom. The fourth-order valence-electron chi connectivity index (χ4n) is 3.31. The van der Waals surface area contributed by atoms with E-state index >= 15 is 0 Å². The Labute approximate surface area is 159 Å². The van der Waals surface area contributed by atoms with Gasteiger partial charge in [-0.05, 0) is 50.7 Å². The second-order valence-electron chi connectivity index (χ2n) is 6.86. The molecule has 0 aromatic heterocycles. The molecular formula is C21H26O6. The zero-order chi connectivity index (χ0) is 19.9. The zero-order valence-electron chi connectivity index (χ0n) is 15.9. The minimum atomic E-state index is -0.810. The van der Waals surface area contributed by atoms with Gasteiger partial charge in [-0.25, -0.2) is 14.4 Å². The van der Waals surface area contributed by atoms with Gasteiger partial charge < -0.3 is 14.2 Å². The van der Waals surface area contributed by atoms with E-state index in [0.717, 1.165) is 43.2 Å². The first-order valence-electron chi connectivity index (χ1n) is 9.10. The van der Waals surface area contributed by atoms with E-state index in [1.54, 1.807) is 0 Å². The van der Waals surface area contributed by atoms with Crippen molar-refractivity contribution in [1.29, 1.82) is 0 Å². The lowest BCUT2D eigenvalue weighted by Crippen LogP contribution is -2.37. The quantitative estimate of drug-likeness (QED) is 0.414. The molecule has 0 amide bonds. The third kappa shape index (κ3) is 5.67. The monoisotopic (exact) mass is 374 g/mol. The highest BCUT2D eigenvalue weighted by molar-refractivity contribution is 5.88. The largest absolute Gasteiger partial charge is 0.452 e. The van der Waals surface area contributed by atoms with Crippen LogP contribution in [0.15, 0.2) is 36.4 Å². The molecule has 1 aromatic carbocycles. The molecule has 0 radical (unpaired) electrons.